The molecule has 0 aliphatic heterocycles. The van der Waals surface area contributed by atoms with E-state index < -0.39 is 3.92 Å². The lowest BCUT2D eigenvalue weighted by Gasteiger charge is -2.13. The first kappa shape index (κ1) is 15.8. The predicted molar refractivity (Wildman–Crippen MR) is 83.9 cm³/mol. The summed E-state index contributed by atoms with van der Waals surface area (Å²) in [5, 5.41) is 4.80. The fourth-order valence-corrected chi connectivity index (χ4v) is 3.33. The molecule has 108 valence electrons. The zero-order chi connectivity index (χ0) is 15.1. The van der Waals surface area contributed by atoms with E-state index in [2.05, 4.69) is 5.10 Å². The summed E-state index contributed by atoms with van der Waals surface area (Å²) in [6, 6.07) is 3.61. The van der Waals surface area contributed by atoms with Crippen molar-refractivity contribution in [3.8, 4) is 5.69 Å². The number of hydrogen-bond acceptors (Lipinski definition) is 3. The molecule has 0 aliphatic carbocycles. The molecule has 2 N–H and O–H groups in total. The van der Waals surface area contributed by atoms with Crippen LogP contribution in [0, 0.1) is 13.8 Å². The van der Waals surface area contributed by atoms with Crippen molar-refractivity contribution in [1.29, 1.82) is 0 Å². The molecule has 0 radical (unpaired) electrons. The van der Waals surface area contributed by atoms with Gasteiger partial charge in [-0.25, -0.2) is 4.68 Å². The topological polar surface area (TPSA) is 43.8 Å². The number of aromatic nitrogens is 2. The minimum absolute atomic E-state index is 0.270. The maximum atomic E-state index is 13.3. The molecule has 0 fully saturated rings. The second-order valence-corrected chi connectivity index (χ2v) is 7.57. The molecule has 8 heteroatoms. The van der Waals surface area contributed by atoms with Crippen molar-refractivity contribution in [2.45, 2.75) is 22.7 Å². The summed E-state index contributed by atoms with van der Waals surface area (Å²) in [7, 11) is 0. The van der Waals surface area contributed by atoms with E-state index in [-0.39, 0.29) is 5.82 Å². The van der Waals surface area contributed by atoms with Crippen LogP contribution in [0.1, 0.15) is 11.1 Å². The second-order valence-electron chi connectivity index (χ2n) is 4.24. The lowest BCUT2D eigenvalue weighted by molar-refractivity contribution is 0.516. The summed E-state index contributed by atoms with van der Waals surface area (Å²) in [5.74, 6) is 0.270. The molecule has 1 aromatic heterocycles. The summed E-state index contributed by atoms with van der Waals surface area (Å²) >= 11 is 17.2. The number of nitrogens with zero attached hydrogens (tertiary/aromatic N) is 2. The van der Waals surface area contributed by atoms with Crippen LogP contribution >= 0.6 is 46.6 Å². The molecule has 0 atom stereocenters. The predicted octanol–water partition coefficient (Wildman–Crippen LogP) is 4.88. The fraction of sp³-hybridized carbons (Fsp3) is 0.250. The average Bonchev–Trinajstić information content (AvgIpc) is 2.58. The van der Waals surface area contributed by atoms with Crippen molar-refractivity contribution in [2.75, 3.05) is 5.73 Å². The van der Waals surface area contributed by atoms with Gasteiger partial charge in [-0.1, -0.05) is 34.8 Å². The Bertz CT molecular complexity index is 629. The number of nitrogens with two attached hydrogens (primary N) is 1. The lowest BCUT2D eigenvalue weighted by atomic mass is 10.1. The van der Waals surface area contributed by atoms with Gasteiger partial charge in [0, 0.05) is 5.02 Å². The monoisotopic (exact) mass is 353 g/mol. The number of benzene rings is 1. The van der Waals surface area contributed by atoms with Crippen LogP contribution in [0.5, 0.6) is 0 Å². The van der Waals surface area contributed by atoms with Gasteiger partial charge in [0.2, 0.25) is 0 Å². The number of hydrogen-bond donors (Lipinski definition) is 1. The van der Waals surface area contributed by atoms with E-state index >= 15 is 0 Å². The summed E-state index contributed by atoms with van der Waals surface area (Å²) in [4.78, 5) is 0.367. The van der Waals surface area contributed by atoms with Crippen LogP contribution in [-0.4, -0.2) is 13.7 Å². The third kappa shape index (κ3) is 3.34. The van der Waals surface area contributed by atoms with E-state index in [1.54, 1.807) is 12.1 Å². The number of thioether (sulfide) groups is 1. The van der Waals surface area contributed by atoms with E-state index in [9.17, 15) is 4.39 Å². The molecule has 0 unspecified atom stereocenters. The third-order valence-corrected chi connectivity index (χ3v) is 4.11. The lowest BCUT2D eigenvalue weighted by Crippen LogP contribution is -2.06. The van der Waals surface area contributed by atoms with E-state index in [1.807, 2.05) is 13.8 Å². The van der Waals surface area contributed by atoms with Crippen LogP contribution in [0.25, 0.3) is 5.69 Å². The van der Waals surface area contributed by atoms with Crippen LogP contribution in [-0.2, 0) is 0 Å². The number of alkyl halides is 3. The standard InChI is InChI=1S/C12H11Cl3FN3S/c1-6-3-8(13)4-7(2)10(6)19-11(17)9(5-18-19)20-12(14,15)16/h3-5H,17H2,1-2H3. The quantitative estimate of drug-likeness (QED) is 0.631. The van der Waals surface area contributed by atoms with Gasteiger partial charge in [-0.3, -0.25) is 0 Å². The van der Waals surface area contributed by atoms with Crippen molar-refractivity contribution < 1.29 is 4.39 Å². The van der Waals surface area contributed by atoms with Crippen molar-refractivity contribution in [2.24, 2.45) is 0 Å². The highest BCUT2D eigenvalue weighted by molar-refractivity contribution is 8.03. The maximum absolute atomic E-state index is 13.3. The van der Waals surface area contributed by atoms with Crippen LogP contribution in [0.15, 0.2) is 23.2 Å². The third-order valence-electron chi connectivity index (χ3n) is 2.66. The SMILES string of the molecule is Cc1cc(Cl)cc(C)c1-n1ncc(SC(F)(Cl)Cl)c1N. The molecule has 0 aliphatic rings. The van der Waals surface area contributed by atoms with E-state index in [1.165, 1.54) is 10.9 Å². The van der Waals surface area contributed by atoms with E-state index in [0.29, 0.717) is 21.7 Å². The molecule has 20 heavy (non-hydrogen) atoms. The van der Waals surface area contributed by atoms with Gasteiger partial charge in [0.15, 0.2) is 0 Å². The van der Waals surface area contributed by atoms with Crippen LogP contribution in [0.3, 0.4) is 0 Å². The van der Waals surface area contributed by atoms with Gasteiger partial charge >= 0.3 is 3.92 Å². The molecule has 2 aromatic rings. The summed E-state index contributed by atoms with van der Waals surface area (Å²) in [6.07, 6.45) is 1.42. The average molecular weight is 355 g/mol. The van der Waals surface area contributed by atoms with Gasteiger partial charge in [-0.05, 0) is 48.9 Å². The normalized spacial score (nSPS) is 11.9. The summed E-state index contributed by atoms with van der Waals surface area (Å²) in [5.41, 5.74) is 8.59. The zero-order valence-electron chi connectivity index (χ0n) is 10.6. The Morgan fingerprint density at radius 3 is 2.35 bits per heavy atom. The molecule has 1 aromatic carbocycles. The highest BCUT2D eigenvalue weighted by atomic mass is 35.5. The number of rotatable bonds is 3. The first-order valence-electron chi connectivity index (χ1n) is 5.55. The van der Waals surface area contributed by atoms with Gasteiger partial charge in [-0.2, -0.15) is 9.49 Å². The smallest absolute Gasteiger partial charge is 0.309 e. The fourth-order valence-electron chi connectivity index (χ4n) is 1.96. The molecule has 0 amide bonds. The first-order chi connectivity index (χ1) is 9.19. The number of anilines is 1. The summed E-state index contributed by atoms with van der Waals surface area (Å²) in [6.45, 7) is 3.79. The number of halogens is 4. The Morgan fingerprint density at radius 1 is 1.30 bits per heavy atom. The van der Waals surface area contributed by atoms with E-state index in [0.717, 1.165) is 16.8 Å². The molecule has 0 saturated carbocycles. The van der Waals surface area contributed by atoms with Gasteiger partial charge in [0.25, 0.3) is 0 Å². The number of nitrogen functional groups attached to an aromatic ring is 1. The molecule has 0 spiro atoms. The highest BCUT2D eigenvalue weighted by Crippen LogP contribution is 2.44. The maximum Gasteiger partial charge on any atom is 0.309 e. The minimum Gasteiger partial charge on any atom is -0.383 e. The Labute approximate surface area is 135 Å². The second kappa shape index (κ2) is 5.64. The molecular formula is C12H11Cl3FN3S. The highest BCUT2D eigenvalue weighted by Gasteiger charge is 2.27. The van der Waals surface area contributed by atoms with Crippen molar-refractivity contribution in [3.63, 3.8) is 0 Å². The first-order valence-corrected chi connectivity index (χ1v) is 7.50. The van der Waals surface area contributed by atoms with E-state index in [4.69, 9.17) is 40.5 Å². The van der Waals surface area contributed by atoms with Crippen molar-refractivity contribution in [1.82, 2.24) is 9.78 Å². The van der Waals surface area contributed by atoms with Gasteiger partial charge < -0.3 is 5.73 Å². The minimum atomic E-state index is -2.45. The van der Waals surface area contributed by atoms with Crippen molar-refractivity contribution >= 4 is 52.4 Å². The molecular weight excluding hydrogens is 344 g/mol. The Kier molecular flexibility index (Phi) is 4.44. The molecule has 1 heterocycles. The largest absolute Gasteiger partial charge is 0.383 e. The zero-order valence-corrected chi connectivity index (χ0v) is 13.7. The molecule has 0 bridgehead atoms. The summed E-state index contributed by atoms with van der Waals surface area (Å²) < 4.78 is 12.3. The van der Waals surface area contributed by atoms with Crippen LogP contribution in [0.4, 0.5) is 10.2 Å². The van der Waals surface area contributed by atoms with Crippen LogP contribution in [0.2, 0.25) is 5.02 Å². The Morgan fingerprint density at radius 2 is 1.85 bits per heavy atom. The molecule has 2 rings (SSSR count). The molecule has 3 nitrogen and oxygen atoms in total. The van der Waals surface area contributed by atoms with Crippen LogP contribution < -0.4 is 5.73 Å². The molecule has 0 saturated heterocycles. The van der Waals surface area contributed by atoms with Gasteiger partial charge in [0.1, 0.15) is 5.82 Å². The number of aryl methyl sites for hydroxylation is 2. The van der Waals surface area contributed by atoms with Gasteiger partial charge in [0.05, 0.1) is 16.8 Å². The Balaban J connectivity index is 2.50. The van der Waals surface area contributed by atoms with Gasteiger partial charge in [-0.15, -0.1) is 0 Å². The van der Waals surface area contributed by atoms with Crippen molar-refractivity contribution in [3.05, 3.63) is 34.5 Å². The Hall–Kier alpha value is -0.620.